The molecular weight excluding hydrogens is 315 g/mol. The molecule has 1 rings (SSSR count). The quantitative estimate of drug-likeness (QED) is 0.694. The number of benzene rings is 1. The Balaban J connectivity index is 2.77. The van der Waals surface area contributed by atoms with E-state index in [9.17, 15) is 0 Å². The van der Waals surface area contributed by atoms with Crippen molar-refractivity contribution in [1.82, 2.24) is 0 Å². The second-order valence-electron chi connectivity index (χ2n) is 2.58. The predicted octanol–water partition coefficient (Wildman–Crippen LogP) is 4.90. The number of halogens is 3. The molecule has 0 aliphatic carbocycles. The Morgan fingerprint density at radius 3 is 2.69 bits per heavy atom. The average molecular weight is 324 g/mol. The molecule has 13 heavy (non-hydrogen) atoms. The van der Waals surface area contributed by atoms with E-state index in [1.54, 1.807) is 0 Å². The van der Waals surface area contributed by atoms with Crippen LogP contribution < -0.4 is 0 Å². The fourth-order valence-electron chi connectivity index (χ4n) is 0.954. The molecule has 0 saturated carbocycles. The molecule has 1 aromatic carbocycles. The highest BCUT2D eigenvalue weighted by Gasteiger charge is 1.93. The summed E-state index contributed by atoms with van der Waals surface area (Å²) >= 11 is 12.6. The lowest BCUT2D eigenvalue weighted by Gasteiger charge is -1.96. The number of alkyl halides is 1. The van der Waals surface area contributed by atoms with E-state index in [0.29, 0.717) is 0 Å². The van der Waals surface area contributed by atoms with Gasteiger partial charge < -0.3 is 0 Å². The largest absolute Gasteiger partial charge is 0.0925 e. The van der Waals surface area contributed by atoms with Gasteiger partial charge in [0.1, 0.15) is 0 Å². The first-order valence-electron chi connectivity index (χ1n) is 3.91. The van der Waals surface area contributed by atoms with E-state index in [4.69, 9.17) is 11.6 Å². The molecule has 0 radical (unpaired) electrons. The molecule has 0 saturated heterocycles. The monoisotopic (exact) mass is 322 g/mol. The van der Waals surface area contributed by atoms with Gasteiger partial charge in [-0.1, -0.05) is 55.6 Å². The zero-order valence-electron chi connectivity index (χ0n) is 6.93. The van der Waals surface area contributed by atoms with E-state index >= 15 is 0 Å². The van der Waals surface area contributed by atoms with Gasteiger partial charge in [0.2, 0.25) is 0 Å². The Kier molecular flexibility index (Phi) is 5.07. The van der Waals surface area contributed by atoms with Gasteiger partial charge in [0, 0.05) is 14.8 Å². The highest BCUT2D eigenvalue weighted by atomic mass is 79.9. The van der Waals surface area contributed by atoms with Crippen molar-refractivity contribution in [3.05, 3.63) is 39.3 Å². The number of rotatable bonds is 3. The lowest BCUT2D eigenvalue weighted by Crippen LogP contribution is -1.74. The van der Waals surface area contributed by atoms with Gasteiger partial charge in [0.15, 0.2) is 0 Å². The summed E-state index contributed by atoms with van der Waals surface area (Å²) in [4.78, 5) is 0. The van der Waals surface area contributed by atoms with Crippen LogP contribution in [-0.2, 0) is 0 Å². The van der Waals surface area contributed by atoms with Gasteiger partial charge in [-0.15, -0.1) is 0 Å². The molecule has 3 heteroatoms. The average Bonchev–Trinajstić information content (AvgIpc) is 2.03. The Morgan fingerprint density at radius 1 is 1.31 bits per heavy atom. The highest BCUT2D eigenvalue weighted by molar-refractivity contribution is 9.10. The standard InChI is InChI=1S/C10H9Br2Cl/c11-4-2-1-3-8-5-9(12)7-10(13)6-8/h1,3,5-7H,2,4H2. The summed E-state index contributed by atoms with van der Waals surface area (Å²) in [5, 5.41) is 1.75. The molecule has 0 N–H and O–H groups in total. The van der Waals surface area contributed by atoms with Crippen molar-refractivity contribution in [1.29, 1.82) is 0 Å². The molecule has 0 atom stereocenters. The van der Waals surface area contributed by atoms with Crippen LogP contribution in [0.2, 0.25) is 5.02 Å². The van der Waals surface area contributed by atoms with Gasteiger partial charge in [-0.25, -0.2) is 0 Å². The van der Waals surface area contributed by atoms with Crippen LogP contribution >= 0.6 is 43.5 Å². The molecule has 0 nitrogen and oxygen atoms in total. The fraction of sp³-hybridized carbons (Fsp3) is 0.200. The van der Waals surface area contributed by atoms with Crippen LogP contribution in [0.4, 0.5) is 0 Å². The molecule has 0 aliphatic rings. The Hall–Kier alpha value is 0.210. The first-order valence-corrected chi connectivity index (χ1v) is 6.20. The highest BCUT2D eigenvalue weighted by Crippen LogP contribution is 2.20. The topological polar surface area (TPSA) is 0 Å². The van der Waals surface area contributed by atoms with Gasteiger partial charge >= 0.3 is 0 Å². The van der Waals surface area contributed by atoms with E-state index in [2.05, 4.69) is 44.0 Å². The minimum absolute atomic E-state index is 0.757. The van der Waals surface area contributed by atoms with Crippen LogP contribution in [0.3, 0.4) is 0 Å². The number of hydrogen-bond donors (Lipinski definition) is 0. The minimum atomic E-state index is 0.757. The fourth-order valence-corrected chi connectivity index (χ4v) is 2.10. The zero-order valence-corrected chi connectivity index (χ0v) is 10.9. The van der Waals surface area contributed by atoms with Crippen molar-refractivity contribution in [3.8, 4) is 0 Å². The van der Waals surface area contributed by atoms with Crippen LogP contribution in [-0.4, -0.2) is 5.33 Å². The van der Waals surface area contributed by atoms with E-state index < -0.39 is 0 Å². The minimum Gasteiger partial charge on any atom is -0.0925 e. The molecule has 0 amide bonds. The van der Waals surface area contributed by atoms with Gasteiger partial charge in [-0.3, -0.25) is 0 Å². The van der Waals surface area contributed by atoms with Gasteiger partial charge in [-0.2, -0.15) is 0 Å². The Bertz CT molecular complexity index is 288. The third-order valence-electron chi connectivity index (χ3n) is 1.47. The molecular formula is C10H9Br2Cl. The van der Waals surface area contributed by atoms with E-state index in [1.807, 2.05) is 18.2 Å². The van der Waals surface area contributed by atoms with Gasteiger partial charge in [-0.05, 0) is 30.2 Å². The number of allylic oxidation sites excluding steroid dienone is 1. The molecule has 0 fully saturated rings. The van der Waals surface area contributed by atoms with E-state index in [-0.39, 0.29) is 0 Å². The SMILES string of the molecule is Clc1cc(Br)cc(C=CCCBr)c1. The van der Waals surface area contributed by atoms with Crippen molar-refractivity contribution in [3.63, 3.8) is 0 Å². The van der Waals surface area contributed by atoms with Crippen LogP contribution in [0.15, 0.2) is 28.7 Å². The maximum Gasteiger partial charge on any atom is 0.0423 e. The first-order chi connectivity index (χ1) is 6.22. The Morgan fingerprint density at radius 2 is 2.08 bits per heavy atom. The predicted molar refractivity (Wildman–Crippen MR) is 66.6 cm³/mol. The van der Waals surface area contributed by atoms with E-state index in [0.717, 1.165) is 26.8 Å². The van der Waals surface area contributed by atoms with Crippen molar-refractivity contribution < 1.29 is 0 Å². The summed E-state index contributed by atoms with van der Waals surface area (Å²) in [6, 6.07) is 5.86. The lowest BCUT2D eigenvalue weighted by atomic mass is 10.2. The third kappa shape index (κ3) is 4.30. The normalized spacial score (nSPS) is 11.0. The summed E-state index contributed by atoms with van der Waals surface area (Å²) in [6.07, 6.45) is 5.22. The zero-order chi connectivity index (χ0) is 9.68. The third-order valence-corrected chi connectivity index (χ3v) is 2.60. The maximum atomic E-state index is 5.89. The van der Waals surface area contributed by atoms with Crippen molar-refractivity contribution >= 4 is 49.5 Å². The second-order valence-corrected chi connectivity index (χ2v) is 4.73. The molecule has 0 spiro atoms. The molecule has 0 aromatic heterocycles. The summed E-state index contributed by atoms with van der Waals surface area (Å²) < 4.78 is 1.01. The second kappa shape index (κ2) is 5.84. The van der Waals surface area contributed by atoms with Crippen molar-refractivity contribution in [2.45, 2.75) is 6.42 Å². The molecule has 0 unspecified atom stereocenters. The van der Waals surface area contributed by atoms with Crippen molar-refractivity contribution in [2.75, 3.05) is 5.33 Å². The van der Waals surface area contributed by atoms with Crippen molar-refractivity contribution in [2.24, 2.45) is 0 Å². The van der Waals surface area contributed by atoms with Crippen LogP contribution in [0.1, 0.15) is 12.0 Å². The van der Waals surface area contributed by atoms with Crippen LogP contribution in [0.5, 0.6) is 0 Å². The summed E-state index contributed by atoms with van der Waals surface area (Å²) in [7, 11) is 0. The summed E-state index contributed by atoms with van der Waals surface area (Å²) in [5.74, 6) is 0. The molecule has 0 heterocycles. The number of hydrogen-bond acceptors (Lipinski definition) is 0. The van der Waals surface area contributed by atoms with E-state index in [1.165, 1.54) is 0 Å². The smallest absolute Gasteiger partial charge is 0.0423 e. The Labute approximate surface area is 100 Å². The molecule has 70 valence electrons. The van der Waals surface area contributed by atoms with Crippen LogP contribution in [0, 0.1) is 0 Å². The van der Waals surface area contributed by atoms with Gasteiger partial charge in [0.25, 0.3) is 0 Å². The maximum absolute atomic E-state index is 5.89. The van der Waals surface area contributed by atoms with Crippen LogP contribution in [0.25, 0.3) is 6.08 Å². The summed E-state index contributed by atoms with van der Waals surface area (Å²) in [6.45, 7) is 0. The first kappa shape index (κ1) is 11.3. The molecule has 0 aliphatic heterocycles. The molecule has 1 aromatic rings. The lowest BCUT2D eigenvalue weighted by molar-refractivity contribution is 1.27. The summed E-state index contributed by atoms with van der Waals surface area (Å²) in [5.41, 5.74) is 1.13. The van der Waals surface area contributed by atoms with Gasteiger partial charge in [0.05, 0.1) is 0 Å². The molecule has 0 bridgehead atoms.